The fourth-order valence-electron chi connectivity index (χ4n) is 2.30. The molecule has 0 radical (unpaired) electrons. The van der Waals surface area contributed by atoms with Crippen molar-refractivity contribution in [3.8, 4) is 0 Å². The van der Waals surface area contributed by atoms with Gasteiger partial charge < -0.3 is 10.2 Å². The largest absolute Gasteiger partial charge is 0.341 e. The molecule has 1 aromatic carbocycles. The van der Waals surface area contributed by atoms with Crippen LogP contribution in [0.25, 0.3) is 0 Å². The van der Waals surface area contributed by atoms with E-state index in [4.69, 9.17) is 11.6 Å². The highest BCUT2D eigenvalue weighted by atomic mass is 35.5. The number of hydrogen-bond donors (Lipinski definition) is 1. The Kier molecular flexibility index (Phi) is 3.88. The van der Waals surface area contributed by atoms with Crippen molar-refractivity contribution in [2.45, 2.75) is 19.8 Å². The van der Waals surface area contributed by atoms with Crippen LogP contribution >= 0.6 is 11.6 Å². The highest BCUT2D eigenvalue weighted by Gasteiger charge is 2.17. The van der Waals surface area contributed by atoms with E-state index in [1.165, 1.54) is 6.07 Å². The van der Waals surface area contributed by atoms with Gasteiger partial charge in [-0.25, -0.2) is 4.39 Å². The number of benzene rings is 1. The molecule has 0 spiro atoms. The smallest absolute Gasteiger partial charge is 0.233 e. The lowest BCUT2D eigenvalue weighted by Gasteiger charge is -2.16. The first-order valence-corrected chi connectivity index (χ1v) is 7.19. The summed E-state index contributed by atoms with van der Waals surface area (Å²) in [7, 11) is 0. The summed E-state index contributed by atoms with van der Waals surface area (Å²) >= 11 is 5.94. The van der Waals surface area contributed by atoms with Gasteiger partial charge in [-0.05, 0) is 49.1 Å². The summed E-state index contributed by atoms with van der Waals surface area (Å²) in [6.07, 6.45) is 2.22. The van der Waals surface area contributed by atoms with Crippen molar-refractivity contribution in [3.05, 3.63) is 34.9 Å². The molecule has 1 fully saturated rings. The van der Waals surface area contributed by atoms with Gasteiger partial charge in [-0.3, -0.25) is 0 Å². The first-order chi connectivity index (χ1) is 10.1. The number of rotatable bonds is 3. The maximum Gasteiger partial charge on any atom is 0.233 e. The second kappa shape index (κ2) is 5.81. The molecule has 0 amide bonds. The average molecular weight is 308 g/mol. The quantitative estimate of drug-likeness (QED) is 0.942. The molecule has 1 aliphatic heterocycles. The van der Waals surface area contributed by atoms with E-state index in [-0.39, 0.29) is 17.0 Å². The first-order valence-electron chi connectivity index (χ1n) is 6.81. The first kappa shape index (κ1) is 14.0. The topological polar surface area (TPSA) is 53.9 Å². The maximum absolute atomic E-state index is 13.9. The molecule has 0 aliphatic carbocycles. The Morgan fingerprint density at radius 3 is 2.67 bits per heavy atom. The Morgan fingerprint density at radius 2 is 1.95 bits per heavy atom. The van der Waals surface area contributed by atoms with Crippen LogP contribution in [0, 0.1) is 12.7 Å². The molecule has 5 nitrogen and oxygen atoms in total. The van der Waals surface area contributed by atoms with E-state index in [2.05, 4.69) is 20.3 Å². The molecule has 110 valence electrons. The number of hydrogen-bond acceptors (Lipinski definition) is 5. The van der Waals surface area contributed by atoms with Gasteiger partial charge in [-0.15, -0.1) is 0 Å². The lowest BCUT2D eigenvalue weighted by molar-refractivity contribution is 0.630. The predicted octanol–water partition coefficient (Wildman–Crippen LogP) is 3.32. The molecule has 1 saturated heterocycles. The van der Waals surface area contributed by atoms with E-state index in [0.29, 0.717) is 11.6 Å². The zero-order chi connectivity index (χ0) is 14.8. The minimum atomic E-state index is -0.353. The van der Waals surface area contributed by atoms with Crippen molar-refractivity contribution in [3.63, 3.8) is 0 Å². The van der Waals surface area contributed by atoms with Crippen molar-refractivity contribution < 1.29 is 4.39 Å². The molecule has 0 bridgehead atoms. The maximum atomic E-state index is 13.9. The van der Waals surface area contributed by atoms with Gasteiger partial charge in [0, 0.05) is 13.1 Å². The average Bonchev–Trinajstić information content (AvgIpc) is 2.95. The molecular weight excluding hydrogens is 293 g/mol. The van der Waals surface area contributed by atoms with Gasteiger partial charge in [0.1, 0.15) is 5.82 Å². The fourth-order valence-corrected chi connectivity index (χ4v) is 2.45. The molecule has 2 heterocycles. The summed E-state index contributed by atoms with van der Waals surface area (Å²) < 4.78 is 13.9. The van der Waals surface area contributed by atoms with Crippen LogP contribution in [-0.4, -0.2) is 28.0 Å². The minimum Gasteiger partial charge on any atom is -0.341 e. The van der Waals surface area contributed by atoms with Crippen LogP contribution in [0.1, 0.15) is 18.4 Å². The van der Waals surface area contributed by atoms with E-state index >= 15 is 0 Å². The predicted molar refractivity (Wildman–Crippen MR) is 80.7 cm³/mol. The molecule has 1 aliphatic rings. The van der Waals surface area contributed by atoms with Crippen LogP contribution in [0.2, 0.25) is 5.28 Å². The molecular formula is C14H15ClFN5. The Labute approximate surface area is 127 Å². The minimum absolute atomic E-state index is 0.0990. The van der Waals surface area contributed by atoms with Crippen LogP contribution in [-0.2, 0) is 0 Å². The highest BCUT2D eigenvalue weighted by molar-refractivity contribution is 6.28. The van der Waals surface area contributed by atoms with E-state index in [0.717, 1.165) is 31.5 Å². The standard InChI is InChI=1S/C14H15ClFN5/c1-9-4-5-11(10(16)8-9)17-13-18-12(15)19-14(20-13)21-6-2-3-7-21/h4-5,8H,2-3,6-7H2,1H3,(H,17,18,19,20). The monoisotopic (exact) mass is 307 g/mol. The van der Waals surface area contributed by atoms with Crippen molar-refractivity contribution in [2.24, 2.45) is 0 Å². The summed E-state index contributed by atoms with van der Waals surface area (Å²) in [6, 6.07) is 4.92. The van der Waals surface area contributed by atoms with Crippen LogP contribution in [0.15, 0.2) is 18.2 Å². The van der Waals surface area contributed by atoms with Gasteiger partial charge in [0.05, 0.1) is 5.69 Å². The van der Waals surface area contributed by atoms with Gasteiger partial charge in [0.2, 0.25) is 17.2 Å². The van der Waals surface area contributed by atoms with E-state index in [1.54, 1.807) is 6.07 Å². The Morgan fingerprint density at radius 1 is 1.19 bits per heavy atom. The number of nitrogens with one attached hydrogen (secondary N) is 1. The molecule has 2 aromatic rings. The molecule has 21 heavy (non-hydrogen) atoms. The molecule has 7 heteroatoms. The highest BCUT2D eigenvalue weighted by Crippen LogP contribution is 2.22. The van der Waals surface area contributed by atoms with Crippen molar-refractivity contribution in [1.29, 1.82) is 0 Å². The molecule has 1 aromatic heterocycles. The summed E-state index contributed by atoms with van der Waals surface area (Å²) in [4.78, 5) is 14.5. The van der Waals surface area contributed by atoms with Crippen LogP contribution in [0.3, 0.4) is 0 Å². The lowest BCUT2D eigenvalue weighted by atomic mass is 10.2. The molecule has 3 rings (SSSR count). The number of aromatic nitrogens is 3. The Bertz CT molecular complexity index is 658. The van der Waals surface area contributed by atoms with Gasteiger partial charge in [0.15, 0.2) is 0 Å². The molecule has 1 N–H and O–H groups in total. The summed E-state index contributed by atoms with van der Waals surface area (Å²) in [5.74, 6) is 0.427. The number of aryl methyl sites for hydroxylation is 1. The third kappa shape index (κ3) is 3.21. The number of nitrogens with zero attached hydrogens (tertiary/aromatic N) is 4. The molecule has 0 atom stereocenters. The SMILES string of the molecule is Cc1ccc(Nc2nc(Cl)nc(N3CCCC3)n2)c(F)c1. The van der Waals surface area contributed by atoms with Crippen LogP contribution < -0.4 is 10.2 Å². The Hall–Kier alpha value is -1.95. The third-order valence-corrected chi connectivity index (χ3v) is 3.53. The summed E-state index contributed by atoms with van der Waals surface area (Å²) in [5.41, 5.74) is 1.17. The Balaban J connectivity index is 1.87. The van der Waals surface area contributed by atoms with E-state index in [1.807, 2.05) is 17.9 Å². The van der Waals surface area contributed by atoms with Crippen molar-refractivity contribution in [2.75, 3.05) is 23.3 Å². The van der Waals surface area contributed by atoms with E-state index in [9.17, 15) is 4.39 Å². The van der Waals surface area contributed by atoms with Crippen molar-refractivity contribution in [1.82, 2.24) is 15.0 Å². The van der Waals surface area contributed by atoms with Gasteiger partial charge >= 0.3 is 0 Å². The van der Waals surface area contributed by atoms with Gasteiger partial charge in [-0.2, -0.15) is 15.0 Å². The fraction of sp³-hybridized carbons (Fsp3) is 0.357. The third-order valence-electron chi connectivity index (χ3n) is 3.36. The summed E-state index contributed by atoms with van der Waals surface area (Å²) in [5, 5.41) is 2.95. The lowest BCUT2D eigenvalue weighted by Crippen LogP contribution is -2.21. The second-order valence-electron chi connectivity index (χ2n) is 5.03. The molecule has 0 saturated carbocycles. The van der Waals surface area contributed by atoms with Gasteiger partial charge in [0.25, 0.3) is 0 Å². The number of anilines is 3. The summed E-state index contributed by atoms with van der Waals surface area (Å²) in [6.45, 7) is 3.63. The van der Waals surface area contributed by atoms with E-state index < -0.39 is 0 Å². The van der Waals surface area contributed by atoms with Crippen molar-refractivity contribution >= 4 is 29.2 Å². The van der Waals surface area contributed by atoms with Crippen LogP contribution in [0.4, 0.5) is 22.0 Å². The van der Waals surface area contributed by atoms with Gasteiger partial charge in [-0.1, -0.05) is 6.07 Å². The zero-order valence-corrected chi connectivity index (χ0v) is 12.4. The zero-order valence-electron chi connectivity index (χ0n) is 11.6. The normalized spacial score (nSPS) is 14.5. The van der Waals surface area contributed by atoms with Crippen LogP contribution in [0.5, 0.6) is 0 Å². The second-order valence-corrected chi connectivity index (χ2v) is 5.37. The number of halogens is 2. The molecule has 0 unspecified atom stereocenters.